The van der Waals surface area contributed by atoms with Crippen LogP contribution in [0.15, 0.2) is 73.1 Å². The van der Waals surface area contributed by atoms with Crippen LogP contribution in [0.1, 0.15) is 58.4 Å². The maximum atomic E-state index is 12.7. The highest BCUT2D eigenvalue weighted by Gasteiger charge is 2.21. The first-order chi connectivity index (χ1) is 16.6. The molecule has 5 nitrogen and oxygen atoms in total. The van der Waals surface area contributed by atoms with Gasteiger partial charge in [0, 0.05) is 31.5 Å². The molecular weight excluding hydrogens is 420 g/mol. The minimum atomic E-state index is -0.115. The van der Waals surface area contributed by atoms with E-state index in [0.29, 0.717) is 18.2 Å². The minimum absolute atomic E-state index is 0.115. The normalized spacial score (nSPS) is 14.5. The predicted molar refractivity (Wildman–Crippen MR) is 138 cm³/mol. The number of carbonyl (C=O) groups excluding carboxylic acids is 1. The summed E-state index contributed by atoms with van der Waals surface area (Å²) in [5.41, 5.74) is 7.66. The summed E-state index contributed by atoms with van der Waals surface area (Å²) in [4.78, 5) is 19.5. The quantitative estimate of drug-likeness (QED) is 0.419. The van der Waals surface area contributed by atoms with Gasteiger partial charge in [-0.25, -0.2) is 4.98 Å². The highest BCUT2D eigenvalue weighted by molar-refractivity contribution is 5.93. The number of benzene rings is 2. The smallest absolute Gasteiger partial charge is 0.270 e. The van der Waals surface area contributed by atoms with Crippen LogP contribution in [0.3, 0.4) is 0 Å². The first kappa shape index (κ1) is 22.2. The van der Waals surface area contributed by atoms with E-state index in [-0.39, 0.29) is 5.91 Å². The number of aryl methyl sites for hydroxylation is 2. The third-order valence-corrected chi connectivity index (χ3v) is 7.00. The fourth-order valence-electron chi connectivity index (χ4n) is 4.85. The van der Waals surface area contributed by atoms with Gasteiger partial charge in [0.05, 0.1) is 6.20 Å². The number of nitrogens with one attached hydrogen (secondary N) is 1. The monoisotopic (exact) mass is 452 g/mol. The molecule has 0 aliphatic carbocycles. The number of aromatic nitrogens is 2. The zero-order chi connectivity index (χ0) is 23.5. The summed E-state index contributed by atoms with van der Waals surface area (Å²) in [5.74, 6) is 0.538. The lowest BCUT2D eigenvalue weighted by Crippen LogP contribution is -2.32. The molecule has 0 spiro atoms. The largest absolute Gasteiger partial charge is 0.371 e. The number of carbonyl (C=O) groups is 1. The number of pyridine rings is 1. The highest BCUT2D eigenvalue weighted by Crippen LogP contribution is 2.30. The van der Waals surface area contributed by atoms with Crippen molar-refractivity contribution < 1.29 is 4.79 Å². The average molecular weight is 453 g/mol. The summed E-state index contributed by atoms with van der Waals surface area (Å²) in [6, 6.07) is 21.7. The van der Waals surface area contributed by atoms with Gasteiger partial charge >= 0.3 is 0 Å². The average Bonchev–Trinajstić information content (AvgIpc) is 3.31. The van der Waals surface area contributed by atoms with Crippen LogP contribution in [-0.4, -0.2) is 28.4 Å². The molecule has 1 fully saturated rings. The van der Waals surface area contributed by atoms with Gasteiger partial charge in [-0.2, -0.15) is 0 Å². The second-order valence-corrected chi connectivity index (χ2v) is 9.28. The predicted octanol–water partition coefficient (Wildman–Crippen LogP) is 5.52. The summed E-state index contributed by atoms with van der Waals surface area (Å²) < 4.78 is 1.84. The number of anilines is 1. The van der Waals surface area contributed by atoms with E-state index in [1.165, 1.54) is 29.7 Å². The van der Waals surface area contributed by atoms with E-state index in [9.17, 15) is 4.79 Å². The number of hydrogen-bond acceptors (Lipinski definition) is 3. The van der Waals surface area contributed by atoms with Crippen LogP contribution in [0.25, 0.3) is 5.65 Å². The number of fused-ring (bicyclic) bond motifs is 1. The molecule has 174 valence electrons. The number of nitrogens with zero attached hydrogens (tertiary/aromatic N) is 3. The van der Waals surface area contributed by atoms with Gasteiger partial charge < -0.3 is 10.2 Å². The molecule has 0 saturated carbocycles. The molecule has 5 heteroatoms. The van der Waals surface area contributed by atoms with Crippen LogP contribution in [0, 0.1) is 6.92 Å². The summed E-state index contributed by atoms with van der Waals surface area (Å²) in [6.45, 7) is 6.85. The van der Waals surface area contributed by atoms with Crippen LogP contribution in [0.4, 0.5) is 5.69 Å². The number of hydrogen-bond donors (Lipinski definition) is 1. The molecule has 2 aromatic heterocycles. The fourth-order valence-corrected chi connectivity index (χ4v) is 4.85. The van der Waals surface area contributed by atoms with Crippen LogP contribution in [-0.2, 0) is 13.0 Å². The fraction of sp³-hybridized carbons (Fsp3) is 0.310. The van der Waals surface area contributed by atoms with E-state index < -0.39 is 0 Å². The number of piperidine rings is 1. The Balaban J connectivity index is 1.16. The molecule has 0 radical (unpaired) electrons. The van der Waals surface area contributed by atoms with Gasteiger partial charge in [-0.15, -0.1) is 0 Å². The molecular formula is C29H32N4O. The van der Waals surface area contributed by atoms with Crippen molar-refractivity contribution in [3.8, 4) is 0 Å². The van der Waals surface area contributed by atoms with Crippen molar-refractivity contribution in [3.63, 3.8) is 0 Å². The van der Waals surface area contributed by atoms with Gasteiger partial charge in [0.15, 0.2) is 0 Å². The van der Waals surface area contributed by atoms with Crippen LogP contribution < -0.4 is 10.2 Å². The Morgan fingerprint density at radius 1 is 0.971 bits per heavy atom. The molecule has 0 atom stereocenters. The number of imidazole rings is 1. The molecule has 1 saturated heterocycles. The van der Waals surface area contributed by atoms with Crippen LogP contribution in [0.2, 0.25) is 0 Å². The van der Waals surface area contributed by atoms with E-state index >= 15 is 0 Å². The van der Waals surface area contributed by atoms with Gasteiger partial charge in [-0.05, 0) is 72.6 Å². The molecule has 0 unspecified atom stereocenters. The zero-order valence-corrected chi connectivity index (χ0v) is 20.0. The molecule has 1 amide bonds. The summed E-state index contributed by atoms with van der Waals surface area (Å²) in [7, 11) is 0. The van der Waals surface area contributed by atoms with E-state index in [2.05, 4.69) is 70.7 Å². The van der Waals surface area contributed by atoms with Crippen LogP contribution in [0.5, 0.6) is 0 Å². The summed E-state index contributed by atoms with van der Waals surface area (Å²) >= 11 is 0. The third-order valence-electron chi connectivity index (χ3n) is 7.00. The lowest BCUT2D eigenvalue weighted by molar-refractivity contribution is 0.0945. The summed E-state index contributed by atoms with van der Waals surface area (Å²) in [6.07, 6.45) is 7.03. The highest BCUT2D eigenvalue weighted by atomic mass is 16.1. The van der Waals surface area contributed by atoms with E-state index in [1.807, 2.05) is 29.7 Å². The molecule has 2 aromatic carbocycles. The number of amides is 1. The van der Waals surface area contributed by atoms with Crippen molar-refractivity contribution in [2.24, 2.45) is 0 Å². The first-order valence-corrected chi connectivity index (χ1v) is 12.3. The number of rotatable bonds is 6. The Morgan fingerprint density at radius 2 is 1.68 bits per heavy atom. The SMILES string of the molecule is CCc1ccc(C2CCN(c3ccc(CNC(=O)c4cnc5ccc(C)cn45)cc3)CC2)cc1. The van der Waals surface area contributed by atoms with E-state index in [4.69, 9.17) is 0 Å². The zero-order valence-electron chi connectivity index (χ0n) is 20.0. The lowest BCUT2D eigenvalue weighted by Gasteiger charge is -2.34. The van der Waals surface area contributed by atoms with Crippen LogP contribution >= 0.6 is 0 Å². The summed E-state index contributed by atoms with van der Waals surface area (Å²) in [5, 5.41) is 3.03. The standard InChI is InChI=1S/C29H32N4O/c1-3-22-5-9-24(10-6-22)25-14-16-32(17-15-25)26-11-7-23(8-12-26)18-31-29(34)27-19-30-28-13-4-21(2)20-33(27)28/h4-13,19-20,25H,3,14-18H2,1-2H3,(H,31,34). The molecule has 1 N–H and O–H groups in total. The maximum Gasteiger partial charge on any atom is 0.270 e. The lowest BCUT2D eigenvalue weighted by atomic mass is 9.88. The Labute approximate surface area is 201 Å². The Morgan fingerprint density at radius 3 is 2.38 bits per heavy atom. The van der Waals surface area contributed by atoms with E-state index in [1.54, 1.807) is 6.20 Å². The first-order valence-electron chi connectivity index (χ1n) is 12.3. The topological polar surface area (TPSA) is 49.6 Å². The van der Waals surface area contributed by atoms with Gasteiger partial charge in [-0.3, -0.25) is 9.20 Å². The Hall–Kier alpha value is -3.60. The van der Waals surface area contributed by atoms with Gasteiger partial charge in [-0.1, -0.05) is 49.4 Å². The van der Waals surface area contributed by atoms with Crippen molar-refractivity contribution in [3.05, 3.63) is 101 Å². The van der Waals surface area contributed by atoms with Gasteiger partial charge in [0.1, 0.15) is 11.3 Å². The third kappa shape index (κ3) is 4.69. The molecule has 3 heterocycles. The Kier molecular flexibility index (Phi) is 6.35. The molecule has 5 rings (SSSR count). The molecule has 1 aliphatic heterocycles. The van der Waals surface area contributed by atoms with Crippen molar-refractivity contribution >= 4 is 17.2 Å². The van der Waals surface area contributed by atoms with Crippen molar-refractivity contribution in [2.45, 2.75) is 45.6 Å². The Bertz CT molecular complexity index is 1270. The second kappa shape index (κ2) is 9.72. The van der Waals surface area contributed by atoms with E-state index in [0.717, 1.165) is 36.3 Å². The maximum absolute atomic E-state index is 12.7. The second-order valence-electron chi connectivity index (χ2n) is 9.28. The van der Waals surface area contributed by atoms with Crippen molar-refractivity contribution in [1.29, 1.82) is 0 Å². The van der Waals surface area contributed by atoms with Gasteiger partial charge in [0.25, 0.3) is 5.91 Å². The van der Waals surface area contributed by atoms with Crippen molar-refractivity contribution in [1.82, 2.24) is 14.7 Å². The molecule has 0 bridgehead atoms. The molecule has 4 aromatic rings. The molecule has 1 aliphatic rings. The minimum Gasteiger partial charge on any atom is -0.371 e. The molecule has 34 heavy (non-hydrogen) atoms. The van der Waals surface area contributed by atoms with Gasteiger partial charge in [0.2, 0.25) is 0 Å². The van der Waals surface area contributed by atoms with Crippen molar-refractivity contribution in [2.75, 3.05) is 18.0 Å².